The second kappa shape index (κ2) is 14.5. The molecule has 48 heavy (non-hydrogen) atoms. The van der Waals surface area contributed by atoms with Crippen LogP contribution in [0.25, 0.3) is 11.3 Å². The third kappa shape index (κ3) is 6.94. The number of piperidine rings is 1. The van der Waals surface area contributed by atoms with E-state index in [1.54, 1.807) is 58.6 Å². The molecular weight excluding hydrogens is 606 g/mol. The van der Waals surface area contributed by atoms with Gasteiger partial charge < -0.3 is 20.1 Å². The zero-order valence-electron chi connectivity index (χ0n) is 26.9. The van der Waals surface area contributed by atoms with Crippen LogP contribution in [0.2, 0.25) is 0 Å². The number of methoxy groups -OCH3 is 1. The van der Waals surface area contributed by atoms with Crippen molar-refractivity contribution in [2.45, 2.75) is 25.6 Å². The van der Waals surface area contributed by atoms with Crippen molar-refractivity contribution in [2.24, 2.45) is 11.8 Å². The topological polar surface area (TPSA) is 115 Å². The summed E-state index contributed by atoms with van der Waals surface area (Å²) in [5, 5.41) is 16.3. The van der Waals surface area contributed by atoms with Crippen LogP contribution < -0.4 is 10.1 Å². The molecule has 2 fully saturated rings. The number of ketones is 1. The maximum absolute atomic E-state index is 14.5. The Bertz CT molecular complexity index is 1760. The first kappa shape index (κ1) is 32.5. The first-order chi connectivity index (χ1) is 23.4. The van der Waals surface area contributed by atoms with Gasteiger partial charge in [-0.2, -0.15) is 0 Å². The van der Waals surface area contributed by atoms with Gasteiger partial charge in [-0.25, -0.2) is 9.80 Å². The smallest absolute Gasteiger partial charge is 0.332 e. The summed E-state index contributed by atoms with van der Waals surface area (Å²) in [7, 11) is 1.61. The van der Waals surface area contributed by atoms with Crippen LogP contribution in [-0.4, -0.2) is 75.5 Å². The summed E-state index contributed by atoms with van der Waals surface area (Å²) in [5.41, 5.74) is 4.20. The maximum atomic E-state index is 14.5. The minimum Gasteiger partial charge on any atom is -0.508 e. The first-order valence-electron chi connectivity index (χ1n) is 16.0. The number of rotatable bonds is 10. The summed E-state index contributed by atoms with van der Waals surface area (Å²) in [6, 6.07) is 26.7. The summed E-state index contributed by atoms with van der Waals surface area (Å²) in [5.74, 6) is -0.860. The molecule has 2 saturated heterocycles. The molecule has 10 nitrogen and oxygen atoms in total. The van der Waals surface area contributed by atoms with E-state index in [0.717, 1.165) is 33.7 Å². The van der Waals surface area contributed by atoms with Crippen molar-refractivity contribution in [1.29, 1.82) is 0 Å². The number of pyridine rings is 1. The Morgan fingerprint density at radius 2 is 1.75 bits per heavy atom. The number of Topliss-reactive ketones (excluding diaryl/α,β-unsaturated/α-hetero) is 1. The average Bonchev–Trinajstić information content (AvgIpc) is 3.11. The number of phenols is 1. The first-order valence-corrected chi connectivity index (χ1v) is 16.0. The Morgan fingerprint density at radius 1 is 1.00 bits per heavy atom. The van der Waals surface area contributed by atoms with E-state index in [1.165, 1.54) is 0 Å². The van der Waals surface area contributed by atoms with Crippen molar-refractivity contribution >= 4 is 17.7 Å². The van der Waals surface area contributed by atoms with Crippen LogP contribution >= 0.6 is 0 Å². The molecule has 2 N–H and O–H groups in total. The van der Waals surface area contributed by atoms with E-state index in [0.29, 0.717) is 6.54 Å². The van der Waals surface area contributed by atoms with Crippen molar-refractivity contribution in [3.05, 3.63) is 127 Å². The Hall–Kier alpha value is -5.48. The highest BCUT2D eigenvalue weighted by atomic mass is 16.5. The quantitative estimate of drug-likeness (QED) is 0.237. The zero-order valence-corrected chi connectivity index (χ0v) is 26.9. The summed E-state index contributed by atoms with van der Waals surface area (Å²) in [6.45, 7) is 4.84. The fraction of sp³-hybridized carbons (Fsp3) is 0.263. The molecule has 10 heteroatoms. The van der Waals surface area contributed by atoms with Gasteiger partial charge >= 0.3 is 6.03 Å². The highest BCUT2D eigenvalue weighted by Gasteiger charge is 2.53. The van der Waals surface area contributed by atoms with E-state index in [9.17, 15) is 19.5 Å². The SMILES string of the molecule is C=CCN1CC(=O)C2C(Cc3ccc(O)cc3)C(=O)N(Cc3cccnc3-c3ccc(OC)cc3)CC2N1C(=O)NCc1ccccc1. The lowest BCUT2D eigenvalue weighted by molar-refractivity contribution is -0.167. The fourth-order valence-corrected chi connectivity index (χ4v) is 6.78. The van der Waals surface area contributed by atoms with Crippen molar-refractivity contribution in [3.63, 3.8) is 0 Å². The van der Waals surface area contributed by atoms with Gasteiger partial charge in [0.1, 0.15) is 11.5 Å². The number of ether oxygens (including phenoxy) is 1. The molecule has 6 rings (SSSR count). The van der Waals surface area contributed by atoms with Crippen LogP contribution in [-0.2, 0) is 29.1 Å². The molecule has 3 heterocycles. The molecule has 0 bridgehead atoms. The van der Waals surface area contributed by atoms with Gasteiger partial charge in [-0.1, -0.05) is 54.6 Å². The van der Waals surface area contributed by atoms with E-state index in [4.69, 9.17) is 4.74 Å². The molecule has 3 atom stereocenters. The predicted octanol–water partition coefficient (Wildman–Crippen LogP) is 4.85. The van der Waals surface area contributed by atoms with E-state index in [2.05, 4.69) is 16.9 Å². The molecule has 2 aliphatic heterocycles. The summed E-state index contributed by atoms with van der Waals surface area (Å²) in [6.07, 6.45) is 3.67. The number of urea groups is 1. The molecule has 2 aliphatic rings. The van der Waals surface area contributed by atoms with Crippen molar-refractivity contribution in [1.82, 2.24) is 25.2 Å². The Morgan fingerprint density at radius 3 is 2.46 bits per heavy atom. The number of phenolic OH excluding ortho intramolecular Hbond substituents is 1. The minimum atomic E-state index is -0.725. The van der Waals surface area contributed by atoms with Crippen molar-refractivity contribution < 1.29 is 24.2 Å². The number of carbonyl (C=O) groups excluding carboxylic acids is 3. The number of fused-ring (bicyclic) bond motifs is 1. The molecule has 0 spiro atoms. The standard InChI is InChI=1S/C38H39N5O5/c1-3-20-42-25-34(45)35-32(21-26-11-15-30(44)16-12-26)37(46)41(24-33(35)43(42)38(47)40-22-27-8-5-4-6-9-27)23-29-10-7-19-39-36(29)28-13-17-31(48-2)18-14-28/h3-19,32-33,35,44H,1,20-25H2,2H3,(H,40,47). The number of aromatic hydroxyl groups is 1. The van der Waals surface area contributed by atoms with Gasteiger partial charge in [-0.3, -0.25) is 19.6 Å². The molecule has 246 valence electrons. The molecule has 0 aliphatic carbocycles. The van der Waals surface area contributed by atoms with Gasteiger partial charge in [-0.05, 0) is 65.6 Å². The Kier molecular flexibility index (Phi) is 9.82. The van der Waals surface area contributed by atoms with Crippen LogP contribution in [0.1, 0.15) is 16.7 Å². The second-order valence-electron chi connectivity index (χ2n) is 12.1. The van der Waals surface area contributed by atoms with Crippen LogP contribution in [0.4, 0.5) is 4.79 Å². The highest BCUT2D eigenvalue weighted by Crippen LogP contribution is 2.37. The fourth-order valence-electron chi connectivity index (χ4n) is 6.78. The molecule has 3 aromatic carbocycles. The number of hydrogen-bond donors (Lipinski definition) is 2. The lowest BCUT2D eigenvalue weighted by Gasteiger charge is -2.52. The normalized spacial score (nSPS) is 19.5. The average molecular weight is 646 g/mol. The van der Waals surface area contributed by atoms with E-state index in [-0.39, 0.29) is 56.1 Å². The van der Waals surface area contributed by atoms with Crippen LogP contribution in [0, 0.1) is 11.8 Å². The lowest BCUT2D eigenvalue weighted by atomic mass is 9.74. The van der Waals surface area contributed by atoms with E-state index in [1.807, 2.05) is 66.7 Å². The second-order valence-corrected chi connectivity index (χ2v) is 12.1. The number of nitrogens with zero attached hydrogens (tertiary/aromatic N) is 4. The Balaban J connectivity index is 1.36. The summed E-state index contributed by atoms with van der Waals surface area (Å²) < 4.78 is 5.33. The zero-order chi connectivity index (χ0) is 33.6. The number of hydrazine groups is 1. The number of nitrogens with one attached hydrogen (secondary N) is 1. The number of amides is 3. The van der Waals surface area contributed by atoms with E-state index >= 15 is 0 Å². The van der Waals surface area contributed by atoms with Crippen LogP contribution in [0.5, 0.6) is 11.5 Å². The van der Waals surface area contributed by atoms with Gasteiger partial charge in [-0.15, -0.1) is 6.58 Å². The molecule has 0 radical (unpaired) electrons. The molecule has 1 aromatic heterocycles. The van der Waals surface area contributed by atoms with Crippen LogP contribution in [0.3, 0.4) is 0 Å². The Labute approximate surface area is 280 Å². The summed E-state index contributed by atoms with van der Waals surface area (Å²) in [4.78, 5) is 48.9. The molecular formula is C38H39N5O5. The minimum absolute atomic E-state index is 0.0183. The van der Waals surface area contributed by atoms with Crippen molar-refractivity contribution in [2.75, 3.05) is 26.7 Å². The lowest BCUT2D eigenvalue weighted by Crippen LogP contribution is -2.71. The molecule has 4 aromatic rings. The molecule has 3 unspecified atom stereocenters. The third-order valence-corrected chi connectivity index (χ3v) is 9.06. The van der Waals surface area contributed by atoms with Gasteiger partial charge in [0.25, 0.3) is 0 Å². The number of aromatic nitrogens is 1. The number of hydrogen-bond acceptors (Lipinski definition) is 7. The van der Waals surface area contributed by atoms with Gasteiger partial charge in [0.2, 0.25) is 5.91 Å². The van der Waals surface area contributed by atoms with Crippen LogP contribution in [0.15, 0.2) is 110 Å². The maximum Gasteiger partial charge on any atom is 0.332 e. The van der Waals surface area contributed by atoms with Gasteiger partial charge in [0, 0.05) is 37.9 Å². The predicted molar refractivity (Wildman–Crippen MR) is 182 cm³/mol. The largest absolute Gasteiger partial charge is 0.508 e. The molecule has 3 amide bonds. The number of carbonyl (C=O) groups is 3. The van der Waals surface area contributed by atoms with E-state index < -0.39 is 17.9 Å². The van der Waals surface area contributed by atoms with Gasteiger partial charge in [0.05, 0.1) is 37.2 Å². The number of likely N-dealkylation sites (tertiary alicyclic amines) is 1. The highest BCUT2D eigenvalue weighted by molar-refractivity contribution is 5.94. The summed E-state index contributed by atoms with van der Waals surface area (Å²) >= 11 is 0. The molecule has 0 saturated carbocycles. The monoisotopic (exact) mass is 645 g/mol. The third-order valence-electron chi connectivity index (χ3n) is 9.06. The van der Waals surface area contributed by atoms with Crippen molar-refractivity contribution in [3.8, 4) is 22.8 Å². The number of benzene rings is 3. The van der Waals surface area contributed by atoms with Gasteiger partial charge in [0.15, 0.2) is 5.78 Å².